The molecule has 0 aliphatic carbocycles. The summed E-state index contributed by atoms with van der Waals surface area (Å²) < 4.78 is 0. The number of amides is 2. The smallest absolute Gasteiger partial charge is 0.282 e. The van der Waals surface area contributed by atoms with E-state index in [4.69, 9.17) is 5.26 Å². The van der Waals surface area contributed by atoms with Crippen LogP contribution in [0.25, 0.3) is 0 Å². The van der Waals surface area contributed by atoms with Crippen molar-refractivity contribution in [2.45, 2.75) is 11.7 Å². The Hall–Kier alpha value is -2.60. The Kier molecular flexibility index (Phi) is 7.56. The van der Waals surface area contributed by atoms with E-state index in [1.807, 2.05) is 6.07 Å². The maximum absolute atomic E-state index is 12.1. The van der Waals surface area contributed by atoms with Gasteiger partial charge in [0.05, 0.1) is 17.4 Å². The number of nitro benzene ring substituents is 1. The molecule has 0 saturated heterocycles. The molecule has 1 aromatic carbocycles. The Bertz CT molecular complexity index is 629. The van der Waals surface area contributed by atoms with Gasteiger partial charge in [0.1, 0.15) is 10.8 Å². The van der Waals surface area contributed by atoms with Crippen molar-refractivity contribution in [3.05, 3.63) is 39.9 Å². The lowest BCUT2D eigenvalue weighted by atomic mass is 10.1. The number of hydrogen-bond acceptors (Lipinski definition) is 6. The molecule has 2 N–H and O–H groups in total. The number of carbonyl (C=O) groups excluding carboxylic acids is 2. The highest BCUT2D eigenvalue weighted by molar-refractivity contribution is 7.99. The largest absolute Gasteiger partial charge is 0.354 e. The molecule has 0 aliphatic heterocycles. The van der Waals surface area contributed by atoms with Gasteiger partial charge in [-0.25, -0.2) is 0 Å². The third-order valence-corrected chi connectivity index (χ3v) is 3.86. The first-order chi connectivity index (χ1) is 11.0. The van der Waals surface area contributed by atoms with Crippen LogP contribution in [-0.4, -0.2) is 41.3 Å². The molecule has 1 aromatic rings. The van der Waals surface area contributed by atoms with Crippen molar-refractivity contribution < 1.29 is 14.5 Å². The summed E-state index contributed by atoms with van der Waals surface area (Å²) in [4.78, 5) is 34.2. The zero-order valence-corrected chi connectivity index (χ0v) is 13.3. The third-order valence-electron chi connectivity index (χ3n) is 2.91. The van der Waals surface area contributed by atoms with Gasteiger partial charge in [-0.05, 0) is 12.3 Å². The lowest BCUT2D eigenvalue weighted by Crippen LogP contribution is -2.41. The van der Waals surface area contributed by atoms with Gasteiger partial charge in [-0.2, -0.15) is 17.0 Å². The highest BCUT2D eigenvalue weighted by Gasteiger charge is 2.22. The van der Waals surface area contributed by atoms with E-state index in [1.165, 1.54) is 36.0 Å². The molecule has 1 rings (SSSR count). The zero-order chi connectivity index (χ0) is 17.2. The number of carbonyl (C=O) groups is 2. The van der Waals surface area contributed by atoms with Gasteiger partial charge in [-0.3, -0.25) is 19.7 Å². The summed E-state index contributed by atoms with van der Waals surface area (Å²) in [5, 5.41) is 23.9. The summed E-state index contributed by atoms with van der Waals surface area (Å²) in [6, 6.07) is 7.52. The molecule has 23 heavy (non-hydrogen) atoms. The van der Waals surface area contributed by atoms with Gasteiger partial charge >= 0.3 is 0 Å². The minimum Gasteiger partial charge on any atom is -0.354 e. The Morgan fingerprint density at radius 1 is 1.39 bits per heavy atom. The molecule has 0 radical (unpaired) electrons. The lowest BCUT2D eigenvalue weighted by molar-refractivity contribution is -0.385. The Morgan fingerprint density at radius 2 is 2.09 bits per heavy atom. The highest BCUT2D eigenvalue weighted by atomic mass is 32.2. The first kappa shape index (κ1) is 18.4. The molecule has 1 unspecified atom stereocenters. The lowest BCUT2D eigenvalue weighted by Gasteiger charge is -2.15. The molecule has 0 aromatic heterocycles. The van der Waals surface area contributed by atoms with E-state index in [0.717, 1.165) is 0 Å². The maximum Gasteiger partial charge on any atom is 0.282 e. The number of para-hydroxylation sites is 1. The van der Waals surface area contributed by atoms with Crippen LogP contribution in [0.3, 0.4) is 0 Å². The van der Waals surface area contributed by atoms with Crippen molar-refractivity contribution in [3.63, 3.8) is 0 Å². The van der Waals surface area contributed by atoms with Crippen LogP contribution in [0, 0.1) is 21.4 Å². The first-order valence-electron chi connectivity index (χ1n) is 6.70. The van der Waals surface area contributed by atoms with E-state index >= 15 is 0 Å². The van der Waals surface area contributed by atoms with Gasteiger partial charge < -0.3 is 10.6 Å². The molecule has 8 nitrogen and oxygen atoms in total. The fourth-order valence-corrected chi connectivity index (χ4v) is 2.29. The van der Waals surface area contributed by atoms with Crippen molar-refractivity contribution in [2.75, 3.05) is 19.3 Å². The summed E-state index contributed by atoms with van der Waals surface area (Å²) in [7, 11) is 0. The Labute approximate surface area is 137 Å². The van der Waals surface area contributed by atoms with E-state index < -0.39 is 16.1 Å². The van der Waals surface area contributed by atoms with Gasteiger partial charge in [0.25, 0.3) is 11.6 Å². The third kappa shape index (κ3) is 5.60. The molecule has 9 heteroatoms. The van der Waals surface area contributed by atoms with Crippen molar-refractivity contribution >= 4 is 29.3 Å². The number of nitriles is 1. The van der Waals surface area contributed by atoms with Gasteiger partial charge in [0, 0.05) is 19.2 Å². The quantitative estimate of drug-likeness (QED) is 0.416. The van der Waals surface area contributed by atoms with Crippen molar-refractivity contribution in [2.24, 2.45) is 0 Å². The summed E-state index contributed by atoms with van der Waals surface area (Å²) in [5.41, 5.74) is -0.341. The van der Waals surface area contributed by atoms with E-state index in [9.17, 15) is 19.7 Å². The minimum atomic E-state index is -0.629. The molecule has 0 bridgehead atoms. The molecule has 0 heterocycles. The summed E-state index contributed by atoms with van der Waals surface area (Å²) in [6.07, 6.45) is 1.92. The second kappa shape index (κ2) is 9.42. The van der Waals surface area contributed by atoms with Crippen LogP contribution in [-0.2, 0) is 4.79 Å². The molecule has 1 atom stereocenters. The molecule has 0 spiro atoms. The standard InChI is InChI=1S/C14H16N4O4S/c1-23-12(14(20)16-8-4-7-15)9-17-13(19)10-5-2-3-6-11(10)18(21)22/h2-3,5-6,12H,4,8-9H2,1H3,(H,16,20)(H,17,19). The fraction of sp³-hybridized carbons (Fsp3) is 0.357. The predicted octanol–water partition coefficient (Wildman–Crippen LogP) is 1.09. The topological polar surface area (TPSA) is 125 Å². The Balaban J connectivity index is 2.65. The van der Waals surface area contributed by atoms with E-state index in [0.29, 0.717) is 0 Å². The number of rotatable bonds is 8. The number of thioether (sulfide) groups is 1. The number of nitrogens with one attached hydrogen (secondary N) is 2. The zero-order valence-electron chi connectivity index (χ0n) is 12.4. The van der Waals surface area contributed by atoms with Crippen molar-refractivity contribution in [1.82, 2.24) is 10.6 Å². The van der Waals surface area contributed by atoms with Crippen molar-refractivity contribution in [1.29, 1.82) is 5.26 Å². The fourth-order valence-electron chi connectivity index (χ4n) is 1.74. The number of hydrogen-bond donors (Lipinski definition) is 2. The molecule has 0 saturated carbocycles. The van der Waals surface area contributed by atoms with Crippen LogP contribution in [0.5, 0.6) is 0 Å². The van der Waals surface area contributed by atoms with Crippen LogP contribution in [0.15, 0.2) is 24.3 Å². The average molecular weight is 336 g/mol. The molecule has 0 fully saturated rings. The van der Waals surface area contributed by atoms with Crippen LogP contribution in [0.4, 0.5) is 5.69 Å². The normalized spacial score (nSPS) is 11.1. The molecule has 122 valence electrons. The van der Waals surface area contributed by atoms with E-state index in [-0.39, 0.29) is 36.7 Å². The predicted molar refractivity (Wildman–Crippen MR) is 86.0 cm³/mol. The summed E-state index contributed by atoms with van der Waals surface area (Å²) in [6.45, 7) is 0.273. The van der Waals surface area contributed by atoms with Gasteiger partial charge in [0.15, 0.2) is 0 Å². The highest BCUT2D eigenvalue weighted by Crippen LogP contribution is 2.17. The Morgan fingerprint density at radius 3 is 2.70 bits per heavy atom. The molecule has 2 amide bonds. The van der Waals surface area contributed by atoms with Gasteiger partial charge in [0.2, 0.25) is 5.91 Å². The van der Waals surface area contributed by atoms with Gasteiger partial charge in [-0.15, -0.1) is 0 Å². The van der Waals surface area contributed by atoms with Crippen LogP contribution in [0.1, 0.15) is 16.8 Å². The number of nitrogens with zero attached hydrogens (tertiary/aromatic N) is 2. The second-order valence-electron chi connectivity index (χ2n) is 4.41. The first-order valence-corrected chi connectivity index (χ1v) is 7.99. The summed E-state index contributed by atoms with van der Waals surface area (Å²) >= 11 is 1.24. The van der Waals surface area contributed by atoms with Gasteiger partial charge in [-0.1, -0.05) is 12.1 Å². The number of nitro groups is 1. The average Bonchev–Trinajstić information content (AvgIpc) is 2.55. The second-order valence-corrected chi connectivity index (χ2v) is 5.45. The minimum absolute atomic E-state index is 0.0322. The van der Waals surface area contributed by atoms with E-state index in [1.54, 1.807) is 6.26 Å². The van der Waals surface area contributed by atoms with E-state index in [2.05, 4.69) is 10.6 Å². The molecular formula is C14H16N4O4S. The SMILES string of the molecule is CSC(CNC(=O)c1ccccc1[N+](=O)[O-])C(=O)NCCC#N. The maximum atomic E-state index is 12.1. The summed E-state index contributed by atoms with van der Waals surface area (Å²) in [5.74, 6) is -0.906. The molecular weight excluding hydrogens is 320 g/mol. The van der Waals surface area contributed by atoms with Crippen LogP contribution in [0.2, 0.25) is 0 Å². The van der Waals surface area contributed by atoms with Crippen molar-refractivity contribution in [3.8, 4) is 6.07 Å². The van der Waals surface area contributed by atoms with Crippen LogP contribution < -0.4 is 10.6 Å². The van der Waals surface area contributed by atoms with Crippen LogP contribution >= 0.6 is 11.8 Å². The number of benzene rings is 1. The monoisotopic (exact) mass is 336 g/mol. The molecule has 0 aliphatic rings.